The molecule has 36 heavy (non-hydrogen) atoms. The Kier molecular flexibility index (Phi) is 3.62. The van der Waals surface area contributed by atoms with Crippen LogP contribution < -0.4 is 0 Å². The smallest absolute Gasteiger partial charge is 0.317 e. The molecule has 0 radical (unpaired) electrons. The highest BCUT2D eigenvalue weighted by atomic mass is 16.5. The number of ether oxygens (including phenoxy) is 3. The van der Waals surface area contributed by atoms with Gasteiger partial charge in [-0.1, -0.05) is 30.3 Å². The van der Waals surface area contributed by atoms with Crippen LogP contribution >= 0.6 is 0 Å². The van der Waals surface area contributed by atoms with E-state index < -0.39 is 10.8 Å². The predicted octanol–water partition coefficient (Wildman–Crippen LogP) is 3.98. The predicted molar refractivity (Wildman–Crippen MR) is 130 cm³/mol. The van der Waals surface area contributed by atoms with Crippen molar-refractivity contribution in [1.29, 1.82) is 0 Å². The first-order valence-corrected chi connectivity index (χ1v) is 12.8. The monoisotopic (exact) mass is 482 g/mol. The van der Waals surface area contributed by atoms with Crippen LogP contribution in [0.4, 0.5) is 0 Å². The number of benzene rings is 3. The molecule has 3 aromatic carbocycles. The molecule has 9 atom stereocenters. The Hall–Kier alpha value is -3.41. The average Bonchev–Trinajstić information content (AvgIpc) is 3.77. The van der Waals surface area contributed by atoms with Crippen LogP contribution in [0, 0.1) is 40.9 Å². The zero-order valence-electron chi connectivity index (χ0n) is 20.3. The summed E-state index contributed by atoms with van der Waals surface area (Å²) in [6.45, 7) is 2.13. The van der Waals surface area contributed by atoms with Crippen molar-refractivity contribution in [1.82, 2.24) is 0 Å². The van der Waals surface area contributed by atoms with E-state index in [1.54, 1.807) is 0 Å². The molecule has 182 valence electrons. The van der Waals surface area contributed by atoms with Gasteiger partial charge in [0.05, 0.1) is 32.2 Å². The maximum atomic E-state index is 14.0. The average molecular weight is 483 g/mol. The number of esters is 3. The minimum atomic E-state index is -1.13. The normalized spacial score (nSPS) is 39.4. The number of carbonyl (C=O) groups is 3. The van der Waals surface area contributed by atoms with Crippen molar-refractivity contribution >= 4 is 39.5 Å². The highest BCUT2D eigenvalue weighted by Crippen LogP contribution is 2.97. The van der Waals surface area contributed by atoms with Gasteiger partial charge < -0.3 is 14.2 Å². The summed E-state index contributed by atoms with van der Waals surface area (Å²) < 4.78 is 16.4. The first kappa shape index (κ1) is 20.7. The fraction of sp³-hybridized carbons (Fsp3) is 0.433. The molecule has 6 aliphatic rings. The number of hydrogen-bond acceptors (Lipinski definition) is 6. The quantitative estimate of drug-likeness (QED) is 0.318. The van der Waals surface area contributed by atoms with E-state index in [1.807, 2.05) is 19.1 Å². The molecule has 5 fully saturated rings. The molecule has 9 rings (SSSR count). The summed E-state index contributed by atoms with van der Waals surface area (Å²) in [7, 11) is 2.80. The summed E-state index contributed by atoms with van der Waals surface area (Å²) in [4.78, 5) is 40.6. The van der Waals surface area contributed by atoms with Gasteiger partial charge in [0.25, 0.3) is 0 Å². The van der Waals surface area contributed by atoms with Crippen molar-refractivity contribution in [2.75, 3.05) is 20.8 Å². The van der Waals surface area contributed by atoms with Crippen LogP contribution in [0.3, 0.4) is 0 Å². The third kappa shape index (κ3) is 1.87. The molecule has 6 bridgehead atoms. The maximum absolute atomic E-state index is 14.0. The second-order valence-electron chi connectivity index (χ2n) is 11.2. The van der Waals surface area contributed by atoms with E-state index in [2.05, 4.69) is 36.4 Å². The lowest BCUT2D eigenvalue weighted by Crippen LogP contribution is -2.54. The van der Waals surface area contributed by atoms with Gasteiger partial charge in [0, 0.05) is 0 Å². The molecule has 0 spiro atoms. The Bertz CT molecular complexity index is 1560. The third-order valence-corrected chi connectivity index (χ3v) is 10.5. The molecule has 9 unspecified atom stereocenters. The lowest BCUT2D eigenvalue weighted by molar-refractivity contribution is -0.166. The molecule has 3 aromatic rings. The molecule has 0 aliphatic heterocycles. The molecule has 0 amide bonds. The van der Waals surface area contributed by atoms with Gasteiger partial charge in [0.15, 0.2) is 0 Å². The number of carbonyl (C=O) groups excluding carboxylic acids is 3. The lowest BCUT2D eigenvalue weighted by Gasteiger charge is -2.41. The van der Waals surface area contributed by atoms with Crippen LogP contribution in [-0.4, -0.2) is 38.7 Å². The van der Waals surface area contributed by atoms with Gasteiger partial charge in [-0.15, -0.1) is 0 Å². The molecule has 0 heterocycles. The van der Waals surface area contributed by atoms with E-state index >= 15 is 0 Å². The van der Waals surface area contributed by atoms with Gasteiger partial charge >= 0.3 is 17.9 Å². The summed E-state index contributed by atoms with van der Waals surface area (Å²) in [5.74, 6) is -1.33. The van der Waals surface area contributed by atoms with E-state index in [9.17, 15) is 14.4 Å². The zero-order valence-corrected chi connectivity index (χ0v) is 20.3. The Morgan fingerprint density at radius 2 is 1.44 bits per heavy atom. The number of rotatable bonds is 4. The van der Waals surface area contributed by atoms with Gasteiger partial charge in [-0.3, -0.25) is 14.4 Å². The van der Waals surface area contributed by atoms with E-state index in [0.717, 1.165) is 32.7 Å². The van der Waals surface area contributed by atoms with Crippen molar-refractivity contribution < 1.29 is 28.6 Å². The van der Waals surface area contributed by atoms with E-state index in [-0.39, 0.29) is 59.3 Å². The van der Waals surface area contributed by atoms with E-state index in [0.29, 0.717) is 6.61 Å². The lowest BCUT2D eigenvalue weighted by atomic mass is 9.59. The fourth-order valence-corrected chi connectivity index (χ4v) is 9.75. The van der Waals surface area contributed by atoms with Crippen LogP contribution in [0.25, 0.3) is 21.5 Å². The fourth-order valence-electron chi connectivity index (χ4n) is 9.75. The van der Waals surface area contributed by atoms with Gasteiger partial charge in [0.1, 0.15) is 5.41 Å². The van der Waals surface area contributed by atoms with E-state index in [1.165, 1.54) is 14.2 Å². The molecule has 0 N–H and O–H groups in total. The topological polar surface area (TPSA) is 78.9 Å². The molecule has 6 nitrogen and oxygen atoms in total. The summed E-state index contributed by atoms with van der Waals surface area (Å²) >= 11 is 0. The van der Waals surface area contributed by atoms with Crippen LogP contribution in [0.15, 0.2) is 48.5 Å². The first-order chi connectivity index (χ1) is 17.5. The third-order valence-electron chi connectivity index (χ3n) is 10.5. The minimum absolute atomic E-state index is 0.0138. The maximum Gasteiger partial charge on any atom is 0.317 e. The van der Waals surface area contributed by atoms with Gasteiger partial charge in [-0.05, 0) is 93.3 Å². The summed E-state index contributed by atoms with van der Waals surface area (Å²) in [5, 5.41) is 4.44. The highest BCUT2D eigenvalue weighted by Gasteiger charge is 3.01. The Morgan fingerprint density at radius 1 is 0.806 bits per heavy atom. The number of fused-ring (bicyclic) bond motifs is 3. The number of methoxy groups -OCH3 is 2. The number of hydrogen-bond donors (Lipinski definition) is 0. The molecule has 0 saturated heterocycles. The van der Waals surface area contributed by atoms with Crippen LogP contribution in [-0.2, 0) is 34.0 Å². The second-order valence-corrected chi connectivity index (χ2v) is 11.2. The molecule has 6 aliphatic carbocycles. The summed E-state index contributed by atoms with van der Waals surface area (Å²) in [6.07, 6.45) is 0. The summed E-state index contributed by atoms with van der Waals surface area (Å²) in [6, 6.07) is 16.9. The van der Waals surface area contributed by atoms with Gasteiger partial charge in [0.2, 0.25) is 0 Å². The van der Waals surface area contributed by atoms with Crippen molar-refractivity contribution in [3.63, 3.8) is 0 Å². The Balaban J connectivity index is 1.41. The molecular weight excluding hydrogens is 456 g/mol. The van der Waals surface area contributed by atoms with Crippen molar-refractivity contribution in [3.8, 4) is 0 Å². The van der Waals surface area contributed by atoms with Crippen LogP contribution in [0.2, 0.25) is 0 Å². The SMILES string of the molecule is CCOC(=O)C1C2C1C1C3C4c5cc6cc7ccccc7cc6cc5C(C(=O)OC)(C42)C31C(=O)OC. The molecule has 5 saturated carbocycles. The second kappa shape index (κ2) is 6.28. The zero-order chi connectivity index (χ0) is 24.7. The largest absolute Gasteiger partial charge is 0.469 e. The van der Waals surface area contributed by atoms with Crippen molar-refractivity contribution in [2.24, 2.45) is 40.9 Å². The van der Waals surface area contributed by atoms with Gasteiger partial charge in [-0.2, -0.15) is 0 Å². The first-order valence-electron chi connectivity index (χ1n) is 12.8. The standard InChI is InChI=1S/C30H26O6/c1-4-36-26(31)22-20-21(22)25-24-19-17-11-15-9-13-7-5-6-8-14(13)10-16(15)12-18(17)29(23(19)20,27(32)34-2)30(24,25)28(33)35-3/h5-12,19-25H,4H2,1-3H3. The van der Waals surface area contributed by atoms with Crippen molar-refractivity contribution in [2.45, 2.75) is 18.3 Å². The highest BCUT2D eigenvalue weighted by molar-refractivity contribution is 6.05. The van der Waals surface area contributed by atoms with Gasteiger partial charge in [-0.25, -0.2) is 0 Å². The Labute approximate surface area is 207 Å². The van der Waals surface area contributed by atoms with E-state index in [4.69, 9.17) is 14.2 Å². The molecular formula is C30H26O6. The summed E-state index contributed by atoms with van der Waals surface area (Å²) in [5.41, 5.74) is -0.0753. The van der Waals surface area contributed by atoms with Crippen LogP contribution in [0.1, 0.15) is 24.0 Å². The van der Waals surface area contributed by atoms with Crippen LogP contribution in [0.5, 0.6) is 0 Å². The molecule has 6 heteroatoms. The Morgan fingerprint density at radius 3 is 2.08 bits per heavy atom. The van der Waals surface area contributed by atoms with Crippen molar-refractivity contribution in [3.05, 3.63) is 59.7 Å². The minimum Gasteiger partial charge on any atom is -0.469 e. The molecule has 0 aromatic heterocycles.